The number of amides is 2. The first-order valence-electron chi connectivity index (χ1n) is 11.6. The Bertz CT molecular complexity index is 1490. The van der Waals surface area contributed by atoms with Crippen molar-refractivity contribution in [1.29, 1.82) is 0 Å². The molecule has 5 rings (SSSR count). The molecule has 214 valence electrons. The zero-order valence-corrected chi connectivity index (χ0v) is 23.9. The van der Waals surface area contributed by atoms with Crippen LogP contribution >= 0.6 is 46.6 Å². The van der Waals surface area contributed by atoms with Gasteiger partial charge in [-0.05, 0) is 22.6 Å². The second kappa shape index (κ2) is 14.6. The summed E-state index contributed by atoms with van der Waals surface area (Å²) in [5, 5.41) is 34.5. The Labute approximate surface area is 300 Å². The second-order valence-electron chi connectivity index (χ2n) is 9.02. The van der Waals surface area contributed by atoms with Gasteiger partial charge < -0.3 is 26.2 Å². The third kappa shape index (κ3) is 7.13. The van der Waals surface area contributed by atoms with Gasteiger partial charge in [0.15, 0.2) is 5.13 Å². The maximum atomic E-state index is 13.5. The number of carboxylic acids is 2. The van der Waals surface area contributed by atoms with Crippen LogP contribution in [0.4, 0.5) is 5.13 Å². The van der Waals surface area contributed by atoms with Gasteiger partial charge in [-0.3, -0.25) is 14.4 Å². The molecule has 3 unspecified atom stereocenters. The quantitative estimate of drug-likeness (QED) is 0.125. The number of carboxylic acid groups (broad SMARTS) is 2. The molecule has 0 aliphatic carbocycles. The molecular formula is C22H24N8Na2O6S4. The van der Waals surface area contributed by atoms with Gasteiger partial charge in [-0.15, -0.1) is 40.0 Å². The van der Waals surface area contributed by atoms with Gasteiger partial charge in [0.25, 0.3) is 0 Å². The Balaban J connectivity index is 0.00000242. The van der Waals surface area contributed by atoms with E-state index in [9.17, 15) is 29.4 Å². The van der Waals surface area contributed by atoms with Crippen LogP contribution in [0.5, 0.6) is 0 Å². The number of carbonyl (C=O) groups excluding carboxylic acids is 2. The molecule has 4 heterocycles. The summed E-state index contributed by atoms with van der Waals surface area (Å²) in [6.45, 7) is -0.0176. The number of aromatic nitrogens is 5. The third-order valence-corrected chi connectivity index (χ3v) is 11.2. The monoisotopic (exact) mass is 670 g/mol. The molecule has 2 fully saturated rings. The molecular weight excluding hydrogens is 647 g/mol. The molecule has 0 radical (unpaired) electrons. The van der Waals surface area contributed by atoms with Crippen molar-refractivity contribution in [2.45, 2.75) is 26.7 Å². The fourth-order valence-electron chi connectivity index (χ4n) is 4.22. The van der Waals surface area contributed by atoms with E-state index in [0.717, 1.165) is 23.1 Å². The molecule has 20 heteroatoms. The van der Waals surface area contributed by atoms with Crippen molar-refractivity contribution in [3.63, 3.8) is 0 Å². The number of benzene rings is 1. The van der Waals surface area contributed by atoms with Crippen LogP contribution in [-0.2, 0) is 21.4 Å². The third-order valence-electron chi connectivity index (χ3n) is 6.36. The molecule has 0 saturated carbocycles. The molecule has 5 N–H and O–H groups in total. The number of aromatic carboxylic acids is 1. The van der Waals surface area contributed by atoms with E-state index in [4.69, 9.17) is 5.73 Å². The maximum absolute atomic E-state index is 13.5. The van der Waals surface area contributed by atoms with E-state index in [1.54, 1.807) is 30.6 Å². The number of tetrazole rings is 1. The number of rotatable bonds is 10. The number of carbonyl (C=O) groups is 4. The summed E-state index contributed by atoms with van der Waals surface area (Å²) < 4.78 is 1.44. The predicted molar refractivity (Wildman–Crippen MR) is 162 cm³/mol. The Morgan fingerprint density at radius 3 is 2.62 bits per heavy atom. The number of fused-ring (bicyclic) bond motifs is 1. The molecule has 0 bridgehead atoms. The standard InChI is InChI=1S/C22H22N8O6S4.2Na.2H/c1-29-21(26-27-28-29)39-9-22(19(35)36)7-30-16(32)13(17(30)38-8-22)25-15(31)14(11-6-37-20(23)24-11)40-12-5-3-2-4-10(12)18(33)34;;;;/h2-6,13-14,17H,7-9H2,1H3,(H2,23,24)(H,25,31)(H,33,34)(H,35,36);;;;/t13?,14?,17-,22?;;;;/m1..../s1. The van der Waals surface area contributed by atoms with Gasteiger partial charge in [0.2, 0.25) is 17.0 Å². The Morgan fingerprint density at radius 2 is 2.00 bits per heavy atom. The minimum atomic E-state index is -1.22. The first-order valence-corrected chi connectivity index (χ1v) is 15.4. The summed E-state index contributed by atoms with van der Waals surface area (Å²) in [5.41, 5.74) is 4.94. The SMILES string of the molecule is Cn1nnnc1SCC1(C(=O)O)CS[C@@H]2C(NC(=O)C(Sc3ccccc3C(=O)O)c3csc(N)n3)C(=O)N2C1.[NaH].[NaH]. The fraction of sp³-hybridized carbons (Fsp3) is 0.364. The zero-order valence-electron chi connectivity index (χ0n) is 20.7. The molecule has 0 spiro atoms. The number of thioether (sulfide) groups is 3. The van der Waals surface area contributed by atoms with E-state index in [2.05, 4.69) is 25.8 Å². The summed E-state index contributed by atoms with van der Waals surface area (Å²) in [7, 11) is 1.65. The summed E-state index contributed by atoms with van der Waals surface area (Å²) in [6.07, 6.45) is 0. The minimum absolute atomic E-state index is 0. The van der Waals surface area contributed by atoms with Crippen molar-refractivity contribution in [2.24, 2.45) is 12.5 Å². The summed E-state index contributed by atoms with van der Waals surface area (Å²) in [5.74, 6) is -2.73. The van der Waals surface area contributed by atoms with Crippen molar-refractivity contribution in [3.05, 3.63) is 40.9 Å². The van der Waals surface area contributed by atoms with Crippen molar-refractivity contribution in [3.8, 4) is 0 Å². The van der Waals surface area contributed by atoms with Gasteiger partial charge in [0.1, 0.15) is 22.1 Å². The molecule has 1 aromatic carbocycles. The number of nitrogens with two attached hydrogens (primary N) is 1. The van der Waals surface area contributed by atoms with Crippen LogP contribution in [-0.4, -0.2) is 153 Å². The van der Waals surface area contributed by atoms with Crippen LogP contribution in [0.3, 0.4) is 0 Å². The van der Waals surface area contributed by atoms with Crippen LogP contribution in [0.15, 0.2) is 39.7 Å². The number of β-lactam (4-membered cyclic amide) rings is 1. The topological polar surface area (TPSA) is 207 Å². The van der Waals surface area contributed by atoms with E-state index in [0.29, 0.717) is 15.7 Å². The fourth-order valence-corrected chi connectivity index (χ4v) is 8.72. The average molecular weight is 671 g/mol. The Morgan fingerprint density at radius 1 is 1.26 bits per heavy atom. The van der Waals surface area contributed by atoms with Crippen LogP contribution < -0.4 is 11.1 Å². The number of nitrogens with zero attached hydrogens (tertiary/aromatic N) is 6. The molecule has 14 nitrogen and oxygen atoms in total. The molecule has 2 saturated heterocycles. The van der Waals surface area contributed by atoms with E-state index >= 15 is 0 Å². The predicted octanol–water partition coefficient (Wildman–Crippen LogP) is -0.253. The number of nitrogen functional groups attached to an aromatic ring is 1. The summed E-state index contributed by atoms with van der Waals surface area (Å²) in [4.78, 5) is 56.7. The van der Waals surface area contributed by atoms with Gasteiger partial charge in [-0.2, -0.15) is 0 Å². The zero-order chi connectivity index (χ0) is 28.6. The van der Waals surface area contributed by atoms with Crippen molar-refractivity contribution in [2.75, 3.05) is 23.8 Å². The van der Waals surface area contributed by atoms with Crippen molar-refractivity contribution >= 4 is 135 Å². The van der Waals surface area contributed by atoms with Gasteiger partial charge in [0, 0.05) is 35.4 Å². The average Bonchev–Trinajstić information content (AvgIpc) is 3.56. The number of hydrogen-bond donors (Lipinski definition) is 4. The van der Waals surface area contributed by atoms with E-state index < -0.39 is 45.8 Å². The van der Waals surface area contributed by atoms with Crippen LogP contribution in [0.2, 0.25) is 0 Å². The Hall–Kier alpha value is -1.35. The van der Waals surface area contributed by atoms with Gasteiger partial charge in [-0.25, -0.2) is 14.5 Å². The van der Waals surface area contributed by atoms with Crippen molar-refractivity contribution in [1.82, 2.24) is 35.4 Å². The Kier molecular flexibility index (Phi) is 12.2. The van der Waals surface area contributed by atoms with Gasteiger partial charge in [-0.1, -0.05) is 23.9 Å². The molecule has 42 heavy (non-hydrogen) atoms. The number of anilines is 1. The molecule has 2 aliphatic heterocycles. The molecule has 3 aromatic rings. The molecule has 2 aliphatic rings. The van der Waals surface area contributed by atoms with E-state index in [1.165, 1.54) is 39.2 Å². The second-order valence-corrected chi connectivity index (χ2v) is 13.1. The molecule has 4 atom stereocenters. The summed E-state index contributed by atoms with van der Waals surface area (Å²) >= 11 is 4.63. The summed E-state index contributed by atoms with van der Waals surface area (Å²) in [6, 6.07) is 5.42. The first kappa shape index (κ1) is 35.1. The van der Waals surface area contributed by atoms with Crippen molar-refractivity contribution < 1.29 is 29.4 Å². The number of aliphatic carboxylic acids is 1. The number of hydrogen-bond acceptors (Lipinski definition) is 13. The molecule has 2 aromatic heterocycles. The van der Waals surface area contributed by atoms with Crippen LogP contribution in [0, 0.1) is 5.41 Å². The number of thiazole rings is 1. The normalized spacial score (nSPS) is 21.6. The molecule has 2 amide bonds. The van der Waals surface area contributed by atoms with Gasteiger partial charge >= 0.3 is 71.1 Å². The van der Waals surface area contributed by atoms with Crippen LogP contribution in [0.1, 0.15) is 21.3 Å². The first-order chi connectivity index (χ1) is 19.1. The van der Waals surface area contributed by atoms with E-state index in [-0.39, 0.29) is 87.9 Å². The number of nitrogens with one attached hydrogen (secondary N) is 1. The van der Waals surface area contributed by atoms with Gasteiger partial charge in [0.05, 0.1) is 11.3 Å². The van der Waals surface area contributed by atoms with Crippen LogP contribution in [0.25, 0.3) is 0 Å². The van der Waals surface area contributed by atoms with E-state index in [1.807, 2.05) is 0 Å². The number of aryl methyl sites for hydroxylation is 1.